The van der Waals surface area contributed by atoms with Crippen molar-refractivity contribution in [3.8, 4) is 11.7 Å². The number of hydrogen-bond acceptors (Lipinski definition) is 6. The lowest BCUT2D eigenvalue weighted by Gasteiger charge is -2.26. The van der Waals surface area contributed by atoms with Crippen molar-refractivity contribution >= 4 is 11.6 Å². The van der Waals surface area contributed by atoms with Gasteiger partial charge in [0.2, 0.25) is 11.8 Å². The molecule has 1 amide bonds. The first-order valence-corrected chi connectivity index (χ1v) is 8.63. The summed E-state index contributed by atoms with van der Waals surface area (Å²) in [5.74, 6) is 1.24. The van der Waals surface area contributed by atoms with Crippen LogP contribution in [0.3, 0.4) is 0 Å². The quantitative estimate of drug-likeness (QED) is 0.666. The second kappa shape index (κ2) is 8.44. The zero-order valence-electron chi connectivity index (χ0n) is 14.9. The number of furan rings is 1. The van der Waals surface area contributed by atoms with Gasteiger partial charge in [-0.15, -0.1) is 10.2 Å². The van der Waals surface area contributed by atoms with Gasteiger partial charge in [0.25, 0.3) is 5.89 Å². The summed E-state index contributed by atoms with van der Waals surface area (Å²) in [6.45, 7) is 5.07. The smallest absolute Gasteiger partial charge is 0.283 e. The molecule has 7 heteroatoms. The van der Waals surface area contributed by atoms with Crippen molar-refractivity contribution in [2.24, 2.45) is 0 Å². The van der Waals surface area contributed by atoms with E-state index in [2.05, 4.69) is 22.4 Å². The van der Waals surface area contributed by atoms with Crippen LogP contribution in [0.25, 0.3) is 11.7 Å². The Morgan fingerprint density at radius 1 is 1.19 bits per heavy atom. The molecule has 3 aromatic rings. The molecule has 0 saturated heterocycles. The van der Waals surface area contributed by atoms with Gasteiger partial charge in [0.1, 0.15) is 0 Å². The van der Waals surface area contributed by atoms with Gasteiger partial charge in [0, 0.05) is 5.69 Å². The van der Waals surface area contributed by atoms with Gasteiger partial charge in [-0.2, -0.15) is 0 Å². The van der Waals surface area contributed by atoms with E-state index in [0.29, 0.717) is 24.1 Å². The monoisotopic (exact) mass is 354 g/mol. The van der Waals surface area contributed by atoms with Gasteiger partial charge in [-0.3, -0.25) is 9.69 Å². The minimum absolute atomic E-state index is 0.0737. The van der Waals surface area contributed by atoms with E-state index in [4.69, 9.17) is 8.83 Å². The molecule has 0 aliphatic rings. The lowest BCUT2D eigenvalue weighted by atomic mass is 10.2. The number of carbonyl (C=O) groups is 1. The molecule has 1 aromatic carbocycles. The summed E-state index contributed by atoms with van der Waals surface area (Å²) in [7, 11) is 0. The van der Waals surface area contributed by atoms with Crippen LogP contribution in [0, 0.1) is 0 Å². The number of nitrogens with zero attached hydrogens (tertiary/aromatic N) is 3. The van der Waals surface area contributed by atoms with Crippen LogP contribution in [0.4, 0.5) is 5.69 Å². The van der Waals surface area contributed by atoms with Gasteiger partial charge < -0.3 is 14.2 Å². The number of para-hydroxylation sites is 1. The van der Waals surface area contributed by atoms with E-state index in [9.17, 15) is 4.79 Å². The lowest BCUT2D eigenvalue weighted by molar-refractivity contribution is -0.121. The van der Waals surface area contributed by atoms with E-state index >= 15 is 0 Å². The van der Waals surface area contributed by atoms with Crippen LogP contribution in [-0.2, 0) is 11.3 Å². The fraction of sp³-hybridized carbons (Fsp3) is 0.316. The molecule has 136 valence electrons. The van der Waals surface area contributed by atoms with E-state index in [1.807, 2.05) is 42.2 Å². The third kappa shape index (κ3) is 4.37. The third-order valence-corrected chi connectivity index (χ3v) is 4.02. The number of rotatable bonds is 8. The summed E-state index contributed by atoms with van der Waals surface area (Å²) in [6, 6.07) is 12.6. The molecule has 0 aliphatic carbocycles. The van der Waals surface area contributed by atoms with Gasteiger partial charge in [-0.05, 0) is 44.2 Å². The van der Waals surface area contributed by atoms with Crippen molar-refractivity contribution in [1.82, 2.24) is 15.1 Å². The average molecular weight is 354 g/mol. The second-order valence-electron chi connectivity index (χ2n) is 5.98. The molecule has 26 heavy (non-hydrogen) atoms. The molecular weight excluding hydrogens is 332 g/mol. The van der Waals surface area contributed by atoms with Crippen molar-refractivity contribution in [1.29, 1.82) is 0 Å². The van der Waals surface area contributed by atoms with Crippen LogP contribution >= 0.6 is 0 Å². The van der Waals surface area contributed by atoms with Crippen molar-refractivity contribution in [3.05, 3.63) is 54.6 Å². The molecule has 1 atom stereocenters. The molecular formula is C19H22N4O3. The average Bonchev–Trinajstić information content (AvgIpc) is 3.33. The Balaban J connectivity index is 1.67. The van der Waals surface area contributed by atoms with E-state index in [1.165, 1.54) is 0 Å². The molecule has 3 rings (SSSR count). The fourth-order valence-corrected chi connectivity index (χ4v) is 2.62. The van der Waals surface area contributed by atoms with Crippen molar-refractivity contribution < 1.29 is 13.6 Å². The van der Waals surface area contributed by atoms with Crippen LogP contribution in [-0.4, -0.2) is 33.6 Å². The molecule has 0 unspecified atom stereocenters. The van der Waals surface area contributed by atoms with Crippen LogP contribution in [0.5, 0.6) is 0 Å². The number of amides is 1. The molecule has 0 saturated carbocycles. The largest absolute Gasteiger partial charge is 0.459 e. The first-order valence-electron chi connectivity index (χ1n) is 8.63. The maximum atomic E-state index is 12.6. The summed E-state index contributed by atoms with van der Waals surface area (Å²) in [6.07, 6.45) is 2.46. The van der Waals surface area contributed by atoms with E-state index in [1.54, 1.807) is 18.4 Å². The molecule has 1 N–H and O–H groups in total. The van der Waals surface area contributed by atoms with Gasteiger partial charge in [0.05, 0.1) is 18.8 Å². The predicted molar refractivity (Wildman–Crippen MR) is 97.2 cm³/mol. The van der Waals surface area contributed by atoms with Crippen molar-refractivity contribution in [2.45, 2.75) is 32.9 Å². The summed E-state index contributed by atoms with van der Waals surface area (Å²) in [5, 5.41) is 11.0. The highest BCUT2D eigenvalue weighted by atomic mass is 16.4. The van der Waals surface area contributed by atoms with Crippen LogP contribution in [0.1, 0.15) is 26.2 Å². The van der Waals surface area contributed by atoms with E-state index in [-0.39, 0.29) is 11.9 Å². The van der Waals surface area contributed by atoms with Crippen LogP contribution in [0.15, 0.2) is 57.6 Å². The zero-order chi connectivity index (χ0) is 18.4. The number of aromatic nitrogens is 2. The SMILES string of the molecule is CCCN(Cc1nnc(-c2ccco2)o1)[C@@H](C)C(=O)Nc1ccccc1. The molecule has 0 fully saturated rings. The summed E-state index contributed by atoms with van der Waals surface area (Å²) < 4.78 is 10.9. The minimum Gasteiger partial charge on any atom is -0.459 e. The number of benzene rings is 1. The standard InChI is InChI=1S/C19H22N4O3/c1-3-11-23(14(2)18(24)20-15-8-5-4-6-9-15)13-17-21-22-19(26-17)16-10-7-12-25-16/h4-10,12,14H,3,11,13H2,1-2H3,(H,20,24)/t14-/m0/s1. The summed E-state index contributed by atoms with van der Waals surface area (Å²) in [5.41, 5.74) is 0.777. The lowest BCUT2D eigenvalue weighted by Crippen LogP contribution is -2.42. The highest BCUT2D eigenvalue weighted by molar-refractivity contribution is 5.94. The number of hydrogen-bond donors (Lipinski definition) is 1. The van der Waals surface area contributed by atoms with Crippen LogP contribution in [0.2, 0.25) is 0 Å². The summed E-state index contributed by atoms with van der Waals surface area (Å²) in [4.78, 5) is 14.6. The Morgan fingerprint density at radius 3 is 2.69 bits per heavy atom. The molecule has 2 heterocycles. The Kier molecular flexibility index (Phi) is 5.80. The van der Waals surface area contributed by atoms with Crippen molar-refractivity contribution in [2.75, 3.05) is 11.9 Å². The molecule has 0 aliphatic heterocycles. The van der Waals surface area contributed by atoms with Crippen molar-refractivity contribution in [3.63, 3.8) is 0 Å². The zero-order valence-corrected chi connectivity index (χ0v) is 14.9. The second-order valence-corrected chi connectivity index (χ2v) is 5.98. The van der Waals surface area contributed by atoms with Crippen LogP contribution < -0.4 is 5.32 Å². The molecule has 0 bridgehead atoms. The Bertz CT molecular complexity index is 814. The fourth-order valence-electron chi connectivity index (χ4n) is 2.62. The number of anilines is 1. The van der Waals surface area contributed by atoms with Gasteiger partial charge in [0.15, 0.2) is 5.76 Å². The highest BCUT2D eigenvalue weighted by Gasteiger charge is 2.23. The van der Waals surface area contributed by atoms with Gasteiger partial charge >= 0.3 is 0 Å². The van der Waals surface area contributed by atoms with E-state index < -0.39 is 0 Å². The number of nitrogens with one attached hydrogen (secondary N) is 1. The van der Waals surface area contributed by atoms with Gasteiger partial charge in [-0.1, -0.05) is 25.1 Å². The molecule has 2 aromatic heterocycles. The normalized spacial score (nSPS) is 12.3. The minimum atomic E-state index is -0.339. The summed E-state index contributed by atoms with van der Waals surface area (Å²) >= 11 is 0. The molecule has 0 spiro atoms. The predicted octanol–water partition coefficient (Wildman–Crippen LogP) is 3.57. The first-order chi connectivity index (χ1) is 12.7. The maximum absolute atomic E-state index is 12.6. The number of carbonyl (C=O) groups excluding carboxylic acids is 1. The maximum Gasteiger partial charge on any atom is 0.283 e. The van der Waals surface area contributed by atoms with E-state index in [0.717, 1.165) is 18.7 Å². The first kappa shape index (κ1) is 17.9. The third-order valence-electron chi connectivity index (χ3n) is 4.02. The Hall–Kier alpha value is -2.93. The highest BCUT2D eigenvalue weighted by Crippen LogP contribution is 2.19. The Morgan fingerprint density at radius 2 is 2.00 bits per heavy atom. The Labute approximate surface area is 152 Å². The molecule has 7 nitrogen and oxygen atoms in total. The molecule has 0 radical (unpaired) electrons. The topological polar surface area (TPSA) is 84.4 Å². The van der Waals surface area contributed by atoms with Gasteiger partial charge in [-0.25, -0.2) is 0 Å².